The van der Waals surface area contributed by atoms with Gasteiger partial charge in [0, 0.05) is 11.8 Å². The standard InChI is InChI=1S/C8H8ClNO2/c1-2-5-3-6(7(9)11)4-10-8(5)12/h3-4H,2H2,1H3,(H,10,12). The topological polar surface area (TPSA) is 49.9 Å². The zero-order valence-corrected chi connectivity index (χ0v) is 7.31. The Morgan fingerprint density at radius 3 is 2.83 bits per heavy atom. The molecule has 1 N–H and O–H groups in total. The van der Waals surface area contributed by atoms with Gasteiger partial charge < -0.3 is 4.98 Å². The molecule has 1 heterocycles. The summed E-state index contributed by atoms with van der Waals surface area (Å²) in [6.45, 7) is 1.84. The maximum Gasteiger partial charge on any atom is 0.253 e. The van der Waals surface area contributed by atoms with E-state index in [4.69, 9.17) is 11.6 Å². The smallest absolute Gasteiger partial charge is 0.253 e. The number of aromatic nitrogens is 1. The van der Waals surface area contributed by atoms with Crippen molar-refractivity contribution in [2.24, 2.45) is 0 Å². The third kappa shape index (κ3) is 1.74. The highest BCUT2D eigenvalue weighted by Crippen LogP contribution is 2.02. The van der Waals surface area contributed by atoms with Crippen LogP contribution in [0.4, 0.5) is 0 Å². The number of aryl methyl sites for hydroxylation is 1. The van der Waals surface area contributed by atoms with Crippen LogP contribution in [0.5, 0.6) is 0 Å². The minimum atomic E-state index is -0.555. The molecular weight excluding hydrogens is 178 g/mol. The lowest BCUT2D eigenvalue weighted by Crippen LogP contribution is -2.12. The molecule has 0 radical (unpaired) electrons. The number of hydrogen-bond acceptors (Lipinski definition) is 2. The summed E-state index contributed by atoms with van der Waals surface area (Å²) in [7, 11) is 0. The van der Waals surface area contributed by atoms with Crippen LogP contribution < -0.4 is 5.56 Å². The van der Waals surface area contributed by atoms with Gasteiger partial charge in [-0.3, -0.25) is 9.59 Å². The molecule has 3 nitrogen and oxygen atoms in total. The average Bonchev–Trinajstić information content (AvgIpc) is 2.05. The summed E-state index contributed by atoms with van der Waals surface area (Å²) in [6.07, 6.45) is 1.91. The highest BCUT2D eigenvalue weighted by atomic mass is 35.5. The molecule has 64 valence electrons. The van der Waals surface area contributed by atoms with Gasteiger partial charge in [-0.25, -0.2) is 0 Å². The zero-order valence-electron chi connectivity index (χ0n) is 6.56. The third-order valence-corrected chi connectivity index (χ3v) is 1.81. The van der Waals surface area contributed by atoms with Crippen molar-refractivity contribution in [1.29, 1.82) is 0 Å². The highest BCUT2D eigenvalue weighted by Gasteiger charge is 2.04. The van der Waals surface area contributed by atoms with Crippen LogP contribution >= 0.6 is 11.6 Å². The van der Waals surface area contributed by atoms with E-state index in [1.165, 1.54) is 12.3 Å². The van der Waals surface area contributed by atoms with Gasteiger partial charge in [0.2, 0.25) is 0 Å². The second-order valence-corrected chi connectivity index (χ2v) is 2.71. The van der Waals surface area contributed by atoms with Crippen LogP contribution in [-0.4, -0.2) is 10.2 Å². The van der Waals surface area contributed by atoms with Crippen molar-refractivity contribution in [2.45, 2.75) is 13.3 Å². The Kier molecular flexibility index (Phi) is 2.65. The summed E-state index contributed by atoms with van der Waals surface area (Å²) in [4.78, 5) is 24.1. The molecule has 1 aromatic rings. The molecule has 1 aromatic heterocycles. The number of pyridine rings is 1. The molecule has 0 aliphatic carbocycles. The van der Waals surface area contributed by atoms with Crippen molar-refractivity contribution in [3.63, 3.8) is 0 Å². The summed E-state index contributed by atoms with van der Waals surface area (Å²) in [5, 5.41) is -0.555. The van der Waals surface area contributed by atoms with Crippen molar-refractivity contribution in [3.05, 3.63) is 33.7 Å². The van der Waals surface area contributed by atoms with E-state index in [-0.39, 0.29) is 5.56 Å². The van der Waals surface area contributed by atoms with Crippen molar-refractivity contribution < 1.29 is 4.79 Å². The van der Waals surface area contributed by atoms with Crippen LogP contribution in [0.15, 0.2) is 17.1 Å². The predicted molar refractivity (Wildman–Crippen MR) is 46.6 cm³/mol. The van der Waals surface area contributed by atoms with Crippen molar-refractivity contribution >= 4 is 16.8 Å². The van der Waals surface area contributed by atoms with E-state index in [0.717, 1.165) is 0 Å². The Morgan fingerprint density at radius 1 is 1.67 bits per heavy atom. The molecule has 0 bridgehead atoms. The third-order valence-electron chi connectivity index (χ3n) is 1.59. The number of H-pyrrole nitrogens is 1. The first-order chi connectivity index (χ1) is 5.65. The first-order valence-electron chi connectivity index (χ1n) is 3.56. The first-order valence-corrected chi connectivity index (χ1v) is 3.94. The van der Waals surface area contributed by atoms with Crippen LogP contribution in [0, 0.1) is 0 Å². The first kappa shape index (κ1) is 9.00. The second-order valence-electron chi connectivity index (χ2n) is 2.37. The fourth-order valence-corrected chi connectivity index (χ4v) is 1.02. The van der Waals surface area contributed by atoms with E-state index < -0.39 is 5.24 Å². The quantitative estimate of drug-likeness (QED) is 0.707. The Bertz CT molecular complexity index is 356. The molecule has 0 fully saturated rings. The zero-order chi connectivity index (χ0) is 9.14. The highest BCUT2D eigenvalue weighted by molar-refractivity contribution is 6.67. The number of rotatable bonds is 2. The molecule has 1 rings (SSSR count). The molecule has 0 atom stereocenters. The van der Waals surface area contributed by atoms with Crippen LogP contribution in [0.1, 0.15) is 22.8 Å². The molecule has 12 heavy (non-hydrogen) atoms. The Hall–Kier alpha value is -1.09. The number of nitrogens with one attached hydrogen (secondary N) is 1. The van der Waals surface area contributed by atoms with Crippen molar-refractivity contribution in [1.82, 2.24) is 4.98 Å². The predicted octanol–water partition coefficient (Wildman–Crippen LogP) is 1.32. The van der Waals surface area contributed by atoms with E-state index in [1.54, 1.807) is 0 Å². The molecule has 0 spiro atoms. The Labute approximate surface area is 74.4 Å². The van der Waals surface area contributed by atoms with Gasteiger partial charge in [0.05, 0.1) is 5.56 Å². The molecule has 0 aromatic carbocycles. The molecule has 0 aliphatic rings. The maximum absolute atomic E-state index is 11.0. The van der Waals surface area contributed by atoms with Crippen LogP contribution in [0.3, 0.4) is 0 Å². The van der Waals surface area contributed by atoms with E-state index in [1.807, 2.05) is 6.92 Å². The number of halogens is 1. The van der Waals surface area contributed by atoms with Crippen LogP contribution in [0.25, 0.3) is 0 Å². The van der Waals surface area contributed by atoms with Gasteiger partial charge in [0.15, 0.2) is 0 Å². The minimum absolute atomic E-state index is 0.167. The molecule has 0 aliphatic heterocycles. The average molecular weight is 186 g/mol. The van der Waals surface area contributed by atoms with Gasteiger partial charge >= 0.3 is 0 Å². The Morgan fingerprint density at radius 2 is 2.33 bits per heavy atom. The van der Waals surface area contributed by atoms with Crippen molar-refractivity contribution in [2.75, 3.05) is 0 Å². The second kappa shape index (κ2) is 3.54. The summed E-state index contributed by atoms with van der Waals surface area (Å²) >= 11 is 5.22. The number of carbonyl (C=O) groups is 1. The van der Waals surface area contributed by atoms with Crippen molar-refractivity contribution in [3.8, 4) is 0 Å². The van der Waals surface area contributed by atoms with E-state index in [2.05, 4.69) is 4.98 Å². The molecule has 0 saturated carbocycles. The van der Waals surface area contributed by atoms with Gasteiger partial charge in [-0.2, -0.15) is 0 Å². The summed E-state index contributed by atoms with van der Waals surface area (Å²) in [5.41, 5.74) is 0.730. The van der Waals surface area contributed by atoms with E-state index in [9.17, 15) is 9.59 Å². The molecule has 0 saturated heterocycles. The van der Waals surface area contributed by atoms with Gasteiger partial charge in [-0.05, 0) is 24.1 Å². The van der Waals surface area contributed by atoms with Crippen LogP contribution in [-0.2, 0) is 6.42 Å². The number of hydrogen-bond donors (Lipinski definition) is 1. The largest absolute Gasteiger partial charge is 0.328 e. The SMILES string of the molecule is CCc1cc(C(=O)Cl)c[nH]c1=O. The van der Waals surface area contributed by atoms with Gasteiger partial charge in [-0.1, -0.05) is 6.92 Å². The maximum atomic E-state index is 11.0. The van der Waals surface area contributed by atoms with Crippen LogP contribution in [0.2, 0.25) is 0 Å². The normalized spacial score (nSPS) is 9.83. The summed E-state index contributed by atoms with van der Waals surface area (Å²) in [5.74, 6) is 0. The molecule has 0 amide bonds. The van der Waals surface area contributed by atoms with Gasteiger partial charge in [-0.15, -0.1) is 0 Å². The summed E-state index contributed by atoms with van der Waals surface area (Å²) in [6, 6.07) is 1.51. The minimum Gasteiger partial charge on any atom is -0.328 e. The lowest BCUT2D eigenvalue weighted by molar-refractivity contribution is 0.108. The van der Waals surface area contributed by atoms with Gasteiger partial charge in [0.25, 0.3) is 10.8 Å². The fraction of sp³-hybridized carbons (Fsp3) is 0.250. The fourth-order valence-electron chi connectivity index (χ4n) is 0.907. The lowest BCUT2D eigenvalue weighted by Gasteiger charge is -1.96. The number of carbonyl (C=O) groups excluding carboxylic acids is 1. The summed E-state index contributed by atoms with van der Waals surface area (Å²) < 4.78 is 0. The van der Waals surface area contributed by atoms with Gasteiger partial charge in [0.1, 0.15) is 0 Å². The van der Waals surface area contributed by atoms with E-state index >= 15 is 0 Å². The molecule has 0 unspecified atom stereocenters. The Balaban J connectivity index is 3.23. The molecule has 4 heteroatoms. The molecular formula is C8H8ClNO2. The lowest BCUT2D eigenvalue weighted by atomic mass is 10.2. The number of aromatic amines is 1. The van der Waals surface area contributed by atoms with E-state index in [0.29, 0.717) is 17.5 Å². The monoisotopic (exact) mass is 185 g/mol.